The number of nitrogens with one attached hydrogen (secondary N) is 1. The van der Waals surface area contributed by atoms with Gasteiger partial charge in [0.1, 0.15) is 0 Å². The summed E-state index contributed by atoms with van der Waals surface area (Å²) in [4.78, 5) is 13.0. The number of benzene rings is 2. The molecule has 1 amide bonds. The van der Waals surface area contributed by atoms with Gasteiger partial charge in [-0.2, -0.15) is 4.31 Å². The summed E-state index contributed by atoms with van der Waals surface area (Å²) >= 11 is 0. The number of carbonyl (C=O) groups is 1. The summed E-state index contributed by atoms with van der Waals surface area (Å²) < 4.78 is 27.7. The van der Waals surface area contributed by atoms with Crippen molar-refractivity contribution in [3.05, 3.63) is 64.7 Å². The predicted molar refractivity (Wildman–Crippen MR) is 110 cm³/mol. The summed E-state index contributed by atoms with van der Waals surface area (Å²) in [5.41, 5.74) is 3.84. The number of hydrogen-bond donors (Lipinski definition) is 1. The van der Waals surface area contributed by atoms with Crippen LogP contribution in [0.4, 0.5) is 0 Å². The first-order valence-electron chi connectivity index (χ1n) is 9.68. The van der Waals surface area contributed by atoms with Gasteiger partial charge in [0.15, 0.2) is 0 Å². The van der Waals surface area contributed by atoms with Gasteiger partial charge in [-0.3, -0.25) is 4.79 Å². The molecule has 28 heavy (non-hydrogen) atoms. The summed E-state index contributed by atoms with van der Waals surface area (Å²) in [6.07, 6.45) is 1.39. The first-order chi connectivity index (χ1) is 13.3. The van der Waals surface area contributed by atoms with Gasteiger partial charge >= 0.3 is 0 Å². The van der Waals surface area contributed by atoms with Gasteiger partial charge < -0.3 is 5.32 Å². The summed E-state index contributed by atoms with van der Waals surface area (Å²) in [6, 6.07) is 13.5. The van der Waals surface area contributed by atoms with E-state index >= 15 is 0 Å². The lowest BCUT2D eigenvalue weighted by Gasteiger charge is -2.31. The Morgan fingerprint density at radius 2 is 1.86 bits per heavy atom. The van der Waals surface area contributed by atoms with E-state index in [1.807, 2.05) is 57.2 Å². The quantitative estimate of drug-likeness (QED) is 0.837. The third-order valence-corrected chi connectivity index (χ3v) is 7.27. The van der Waals surface area contributed by atoms with E-state index in [4.69, 9.17) is 0 Å². The molecule has 1 atom stereocenters. The molecule has 150 valence electrons. The molecule has 0 aromatic heterocycles. The topological polar surface area (TPSA) is 66.5 Å². The highest BCUT2D eigenvalue weighted by Crippen LogP contribution is 2.26. The molecule has 0 radical (unpaired) electrons. The lowest BCUT2D eigenvalue weighted by molar-refractivity contribution is -0.126. The highest BCUT2D eigenvalue weighted by molar-refractivity contribution is 7.89. The summed E-state index contributed by atoms with van der Waals surface area (Å²) in [6.45, 7) is 6.86. The highest BCUT2D eigenvalue weighted by Gasteiger charge is 2.34. The number of carbonyl (C=O) groups excluding carboxylic acids is 1. The molecule has 1 aliphatic heterocycles. The molecule has 1 heterocycles. The van der Waals surface area contributed by atoms with Crippen LogP contribution in [0.5, 0.6) is 0 Å². The number of piperidine rings is 1. The number of amides is 1. The summed E-state index contributed by atoms with van der Waals surface area (Å²) in [5.74, 6) is -0.402. The predicted octanol–water partition coefficient (Wildman–Crippen LogP) is 3.33. The molecule has 6 heteroatoms. The lowest BCUT2D eigenvalue weighted by Crippen LogP contribution is -2.45. The van der Waals surface area contributed by atoms with Crippen LogP contribution in [-0.2, 0) is 21.4 Å². The number of nitrogens with zero attached hydrogens (tertiary/aromatic N) is 1. The maximum Gasteiger partial charge on any atom is 0.243 e. The molecule has 0 unspecified atom stereocenters. The summed E-state index contributed by atoms with van der Waals surface area (Å²) in [5, 5.41) is 2.97. The molecule has 2 aromatic carbocycles. The number of rotatable bonds is 5. The van der Waals surface area contributed by atoms with Gasteiger partial charge in [0, 0.05) is 19.6 Å². The fourth-order valence-corrected chi connectivity index (χ4v) is 5.49. The minimum atomic E-state index is -3.60. The van der Waals surface area contributed by atoms with Crippen LogP contribution in [-0.4, -0.2) is 31.7 Å². The molecule has 1 aliphatic rings. The molecule has 5 nitrogen and oxygen atoms in total. The summed E-state index contributed by atoms with van der Waals surface area (Å²) in [7, 11) is -3.60. The highest BCUT2D eigenvalue weighted by atomic mass is 32.2. The van der Waals surface area contributed by atoms with E-state index in [2.05, 4.69) is 5.32 Å². The fraction of sp³-hybridized carbons (Fsp3) is 0.409. The lowest BCUT2D eigenvalue weighted by atomic mass is 9.98. The zero-order chi connectivity index (χ0) is 20.3. The Balaban J connectivity index is 1.69. The molecule has 0 spiro atoms. The van der Waals surface area contributed by atoms with Crippen LogP contribution in [0.1, 0.15) is 35.1 Å². The number of sulfonamides is 1. The molecular formula is C22H28N2O3S. The molecule has 1 fully saturated rings. The molecule has 1 N–H and O–H groups in total. The van der Waals surface area contributed by atoms with Gasteiger partial charge in [-0.15, -0.1) is 0 Å². The van der Waals surface area contributed by atoms with E-state index in [9.17, 15) is 13.2 Å². The Bertz CT molecular complexity index is 969. The van der Waals surface area contributed by atoms with E-state index in [0.717, 1.165) is 22.3 Å². The van der Waals surface area contributed by atoms with E-state index in [-0.39, 0.29) is 18.4 Å². The van der Waals surface area contributed by atoms with Crippen LogP contribution in [0.25, 0.3) is 0 Å². The normalized spacial score (nSPS) is 18.0. The smallest absolute Gasteiger partial charge is 0.243 e. The van der Waals surface area contributed by atoms with Crippen molar-refractivity contribution in [3.8, 4) is 0 Å². The van der Waals surface area contributed by atoms with Crippen molar-refractivity contribution in [2.45, 2.75) is 45.1 Å². The largest absolute Gasteiger partial charge is 0.352 e. The van der Waals surface area contributed by atoms with Crippen LogP contribution in [0.3, 0.4) is 0 Å². The second-order valence-electron chi connectivity index (χ2n) is 7.68. The van der Waals surface area contributed by atoms with E-state index in [1.165, 1.54) is 4.31 Å². The maximum absolute atomic E-state index is 13.1. The van der Waals surface area contributed by atoms with Gasteiger partial charge in [0.05, 0.1) is 10.8 Å². The van der Waals surface area contributed by atoms with Crippen molar-refractivity contribution in [2.24, 2.45) is 5.92 Å². The average Bonchev–Trinajstić information content (AvgIpc) is 2.68. The fourth-order valence-electron chi connectivity index (χ4n) is 3.65. The van der Waals surface area contributed by atoms with Crippen molar-refractivity contribution < 1.29 is 13.2 Å². The van der Waals surface area contributed by atoms with Crippen molar-refractivity contribution in [3.63, 3.8) is 0 Å². The molecule has 1 saturated heterocycles. The van der Waals surface area contributed by atoms with Crippen LogP contribution >= 0.6 is 0 Å². The van der Waals surface area contributed by atoms with E-state index < -0.39 is 10.0 Å². The molecule has 0 saturated carbocycles. The van der Waals surface area contributed by atoms with Crippen molar-refractivity contribution in [1.82, 2.24) is 9.62 Å². The third kappa shape index (κ3) is 4.62. The molecular weight excluding hydrogens is 372 g/mol. The van der Waals surface area contributed by atoms with Crippen molar-refractivity contribution in [2.75, 3.05) is 13.1 Å². The second-order valence-corrected chi connectivity index (χ2v) is 9.58. The zero-order valence-electron chi connectivity index (χ0n) is 16.7. The minimum Gasteiger partial charge on any atom is -0.352 e. The third-order valence-electron chi connectivity index (χ3n) is 5.27. The van der Waals surface area contributed by atoms with Crippen LogP contribution in [0.2, 0.25) is 0 Å². The van der Waals surface area contributed by atoms with Crippen molar-refractivity contribution in [1.29, 1.82) is 0 Å². The Labute approximate surface area is 167 Å². The maximum atomic E-state index is 13.1. The number of aryl methyl sites for hydroxylation is 3. The zero-order valence-corrected chi connectivity index (χ0v) is 17.6. The van der Waals surface area contributed by atoms with Gasteiger partial charge in [-0.25, -0.2) is 8.42 Å². The second kappa shape index (κ2) is 8.45. The van der Waals surface area contributed by atoms with E-state index in [1.54, 1.807) is 6.07 Å². The van der Waals surface area contributed by atoms with Gasteiger partial charge in [-0.1, -0.05) is 42.0 Å². The first-order valence-corrected chi connectivity index (χ1v) is 11.1. The Kier molecular flexibility index (Phi) is 6.20. The van der Waals surface area contributed by atoms with Crippen LogP contribution in [0.15, 0.2) is 47.4 Å². The van der Waals surface area contributed by atoms with Crippen molar-refractivity contribution >= 4 is 15.9 Å². The average molecular weight is 401 g/mol. The molecule has 3 rings (SSSR count). The molecule has 0 bridgehead atoms. The monoisotopic (exact) mass is 400 g/mol. The Morgan fingerprint density at radius 1 is 1.11 bits per heavy atom. The Hall–Kier alpha value is -2.18. The SMILES string of the molecule is Cc1cccc(CNC(=O)[C@@H]2CCCN(S(=O)(=O)c3cc(C)ccc3C)C2)c1. The number of hydrogen-bond acceptors (Lipinski definition) is 3. The van der Waals surface area contributed by atoms with Gasteiger partial charge in [0.25, 0.3) is 0 Å². The van der Waals surface area contributed by atoms with Crippen LogP contribution < -0.4 is 5.32 Å². The molecule has 0 aliphatic carbocycles. The van der Waals surface area contributed by atoms with E-state index in [0.29, 0.717) is 30.8 Å². The minimum absolute atomic E-state index is 0.0811. The Morgan fingerprint density at radius 3 is 2.61 bits per heavy atom. The molecule has 2 aromatic rings. The van der Waals surface area contributed by atoms with Gasteiger partial charge in [-0.05, 0) is 56.4 Å². The van der Waals surface area contributed by atoms with Gasteiger partial charge in [0.2, 0.25) is 15.9 Å². The first kappa shape index (κ1) is 20.6. The standard InChI is InChI=1S/C22H28N2O3S/c1-16-6-4-7-19(12-16)14-23-22(25)20-8-5-11-24(15-20)28(26,27)21-13-17(2)9-10-18(21)3/h4,6-7,9-10,12-13,20H,5,8,11,14-15H2,1-3H3,(H,23,25)/t20-/m1/s1. The van der Waals surface area contributed by atoms with Crippen LogP contribution in [0, 0.1) is 26.7 Å².